The van der Waals surface area contributed by atoms with Crippen molar-refractivity contribution in [3.05, 3.63) is 35.4 Å². The van der Waals surface area contributed by atoms with Crippen molar-refractivity contribution < 1.29 is 14.3 Å². The van der Waals surface area contributed by atoms with Gasteiger partial charge in [0.05, 0.1) is 5.56 Å². The molecule has 1 aliphatic heterocycles. The van der Waals surface area contributed by atoms with Gasteiger partial charge in [-0.1, -0.05) is 44.4 Å². The first-order valence-electron chi connectivity index (χ1n) is 8.60. The summed E-state index contributed by atoms with van der Waals surface area (Å²) in [6.07, 6.45) is 5.89. The second-order valence-electron chi connectivity index (χ2n) is 5.88. The molecule has 128 valence electrons. The Kier molecular flexibility index (Phi) is 9.03. The number of unbranched alkanes of at least 4 members (excludes halogenated alkanes) is 1. The van der Waals surface area contributed by atoms with E-state index in [-0.39, 0.29) is 12.5 Å². The molecule has 0 unspecified atom stereocenters. The topological polar surface area (TPSA) is 46.6 Å². The lowest BCUT2D eigenvalue weighted by Gasteiger charge is -2.26. The first-order valence-corrected chi connectivity index (χ1v) is 8.60. The fourth-order valence-corrected chi connectivity index (χ4v) is 2.13. The number of benzene rings is 1. The van der Waals surface area contributed by atoms with Gasteiger partial charge in [-0.05, 0) is 38.3 Å². The predicted molar refractivity (Wildman–Crippen MR) is 92.5 cm³/mol. The van der Waals surface area contributed by atoms with Crippen molar-refractivity contribution in [2.75, 3.05) is 19.7 Å². The van der Waals surface area contributed by atoms with Crippen molar-refractivity contribution in [3.8, 4) is 0 Å². The first kappa shape index (κ1) is 19.2. The van der Waals surface area contributed by atoms with Gasteiger partial charge >= 0.3 is 5.97 Å². The van der Waals surface area contributed by atoms with E-state index in [2.05, 4.69) is 13.8 Å². The Bertz CT molecular complexity index is 474. The van der Waals surface area contributed by atoms with Crippen LogP contribution < -0.4 is 0 Å². The smallest absolute Gasteiger partial charge is 0.338 e. The van der Waals surface area contributed by atoms with Crippen molar-refractivity contribution in [2.45, 2.75) is 52.9 Å². The minimum atomic E-state index is -0.439. The van der Waals surface area contributed by atoms with E-state index in [1.54, 1.807) is 17.0 Å². The van der Waals surface area contributed by atoms with Crippen LogP contribution in [0.15, 0.2) is 24.3 Å². The highest BCUT2D eigenvalue weighted by Crippen LogP contribution is 2.09. The molecule has 0 aromatic heterocycles. The number of aryl methyl sites for hydroxylation is 1. The summed E-state index contributed by atoms with van der Waals surface area (Å²) in [5, 5.41) is 0. The number of hydrogen-bond donors (Lipinski definition) is 0. The second kappa shape index (κ2) is 10.8. The third kappa shape index (κ3) is 7.31. The quantitative estimate of drug-likeness (QED) is 0.789. The maximum Gasteiger partial charge on any atom is 0.338 e. The molecule has 1 heterocycles. The first-order chi connectivity index (χ1) is 11.1. The number of esters is 1. The summed E-state index contributed by atoms with van der Waals surface area (Å²) in [6.45, 7) is 7.71. The van der Waals surface area contributed by atoms with E-state index in [9.17, 15) is 9.59 Å². The van der Waals surface area contributed by atoms with Crippen molar-refractivity contribution in [2.24, 2.45) is 0 Å². The molecule has 2 rings (SSSR count). The summed E-state index contributed by atoms with van der Waals surface area (Å²) in [5.41, 5.74) is 1.57. The molecule has 0 N–H and O–H groups in total. The van der Waals surface area contributed by atoms with Gasteiger partial charge in [0.2, 0.25) is 0 Å². The van der Waals surface area contributed by atoms with Gasteiger partial charge in [-0.3, -0.25) is 4.79 Å². The molecule has 4 nitrogen and oxygen atoms in total. The summed E-state index contributed by atoms with van der Waals surface area (Å²) in [4.78, 5) is 25.4. The van der Waals surface area contributed by atoms with Gasteiger partial charge in [-0.25, -0.2) is 4.79 Å². The molecule has 0 atom stereocenters. The van der Waals surface area contributed by atoms with Crippen LogP contribution in [-0.2, 0) is 9.53 Å². The Hall–Kier alpha value is -1.84. The average molecular weight is 319 g/mol. The molecule has 1 aliphatic rings. The van der Waals surface area contributed by atoms with Crippen LogP contribution in [0.5, 0.6) is 0 Å². The van der Waals surface area contributed by atoms with E-state index in [4.69, 9.17) is 4.74 Å². The zero-order chi connectivity index (χ0) is 17.1. The van der Waals surface area contributed by atoms with Crippen molar-refractivity contribution >= 4 is 11.9 Å². The molecule has 1 amide bonds. The van der Waals surface area contributed by atoms with Crippen LogP contribution in [0.4, 0.5) is 0 Å². The average Bonchev–Trinajstić information content (AvgIpc) is 2.61. The molecule has 0 aliphatic carbocycles. The van der Waals surface area contributed by atoms with Gasteiger partial charge in [-0.2, -0.15) is 0 Å². The van der Waals surface area contributed by atoms with Crippen LogP contribution in [-0.4, -0.2) is 36.5 Å². The lowest BCUT2D eigenvalue weighted by Crippen LogP contribution is -2.38. The van der Waals surface area contributed by atoms with E-state index >= 15 is 0 Å². The van der Waals surface area contributed by atoms with Crippen molar-refractivity contribution in [1.29, 1.82) is 0 Å². The van der Waals surface area contributed by atoms with E-state index in [0.717, 1.165) is 31.5 Å². The van der Waals surface area contributed by atoms with Gasteiger partial charge in [0.25, 0.3) is 5.91 Å². The molecule has 1 aromatic carbocycles. The van der Waals surface area contributed by atoms with E-state index in [1.165, 1.54) is 19.3 Å². The van der Waals surface area contributed by atoms with Gasteiger partial charge in [0.1, 0.15) is 0 Å². The number of likely N-dealkylation sites (tertiary alicyclic amines) is 1. The molecule has 1 fully saturated rings. The standard InChI is InChI=1S/C15H19NO3.C4H10/c1-12-5-7-13(8-6-12)15(18)19-11-14(17)16-9-3-2-4-10-16;1-3-4-2/h5-8H,2-4,9-11H2,1H3;3-4H2,1-2H3. The van der Waals surface area contributed by atoms with E-state index in [0.29, 0.717) is 5.56 Å². The molecule has 0 saturated carbocycles. The number of hydrogen-bond acceptors (Lipinski definition) is 3. The van der Waals surface area contributed by atoms with Gasteiger partial charge in [-0.15, -0.1) is 0 Å². The summed E-state index contributed by atoms with van der Waals surface area (Å²) in [7, 11) is 0. The summed E-state index contributed by atoms with van der Waals surface area (Å²) in [5.74, 6) is -0.537. The van der Waals surface area contributed by atoms with Gasteiger partial charge in [0, 0.05) is 13.1 Å². The maximum absolute atomic E-state index is 11.8. The molecule has 0 spiro atoms. The number of ether oxygens (including phenoxy) is 1. The molecule has 4 heteroatoms. The molecule has 1 saturated heterocycles. The number of carbonyl (C=O) groups is 2. The minimum absolute atomic E-state index is 0.0971. The van der Waals surface area contributed by atoms with Crippen LogP contribution in [0.2, 0.25) is 0 Å². The Balaban J connectivity index is 0.000000593. The Morgan fingerprint density at radius 2 is 1.57 bits per heavy atom. The molecule has 1 aromatic rings. The number of amides is 1. The van der Waals surface area contributed by atoms with Crippen LogP contribution in [0.3, 0.4) is 0 Å². The molecule has 23 heavy (non-hydrogen) atoms. The Morgan fingerprint density at radius 3 is 2.09 bits per heavy atom. The van der Waals surface area contributed by atoms with Crippen LogP contribution in [0.25, 0.3) is 0 Å². The largest absolute Gasteiger partial charge is 0.452 e. The lowest BCUT2D eigenvalue weighted by molar-refractivity contribution is -0.135. The summed E-state index contributed by atoms with van der Waals surface area (Å²) < 4.78 is 5.05. The van der Waals surface area contributed by atoms with Crippen molar-refractivity contribution in [1.82, 2.24) is 4.90 Å². The zero-order valence-electron chi connectivity index (χ0n) is 14.6. The fourth-order valence-electron chi connectivity index (χ4n) is 2.13. The highest BCUT2D eigenvalue weighted by atomic mass is 16.5. The van der Waals surface area contributed by atoms with E-state index in [1.807, 2.05) is 19.1 Å². The SMILES string of the molecule is CCCC.Cc1ccc(C(=O)OCC(=O)N2CCCCC2)cc1. The molecule has 0 radical (unpaired) electrons. The Labute approximate surface area is 139 Å². The minimum Gasteiger partial charge on any atom is -0.452 e. The number of rotatable bonds is 4. The van der Waals surface area contributed by atoms with Gasteiger partial charge in [0.15, 0.2) is 6.61 Å². The monoisotopic (exact) mass is 319 g/mol. The third-order valence-corrected chi connectivity index (χ3v) is 3.82. The highest BCUT2D eigenvalue weighted by Gasteiger charge is 2.18. The normalized spacial score (nSPS) is 13.8. The fraction of sp³-hybridized carbons (Fsp3) is 0.579. The number of carbonyl (C=O) groups excluding carboxylic acids is 2. The maximum atomic E-state index is 11.8. The number of nitrogens with zero attached hydrogens (tertiary/aromatic N) is 1. The van der Waals surface area contributed by atoms with Crippen molar-refractivity contribution in [3.63, 3.8) is 0 Å². The molecule has 0 bridgehead atoms. The van der Waals surface area contributed by atoms with Crippen LogP contribution >= 0.6 is 0 Å². The molecular formula is C19H29NO3. The van der Waals surface area contributed by atoms with Crippen LogP contribution in [0, 0.1) is 6.92 Å². The summed E-state index contributed by atoms with van der Waals surface area (Å²) in [6, 6.07) is 7.12. The second-order valence-corrected chi connectivity index (χ2v) is 5.88. The van der Waals surface area contributed by atoms with Gasteiger partial charge < -0.3 is 9.64 Å². The molecular weight excluding hydrogens is 290 g/mol. The zero-order valence-corrected chi connectivity index (χ0v) is 14.6. The lowest BCUT2D eigenvalue weighted by atomic mass is 10.1. The predicted octanol–water partition coefficient (Wildman–Crippen LogP) is 3.97. The Morgan fingerprint density at radius 1 is 1.00 bits per heavy atom. The van der Waals surface area contributed by atoms with E-state index < -0.39 is 5.97 Å². The highest BCUT2D eigenvalue weighted by molar-refractivity contribution is 5.91. The van der Waals surface area contributed by atoms with Crippen LogP contribution in [0.1, 0.15) is 61.9 Å². The number of piperidine rings is 1. The third-order valence-electron chi connectivity index (χ3n) is 3.82. The summed E-state index contributed by atoms with van der Waals surface area (Å²) >= 11 is 0.